The van der Waals surface area contributed by atoms with Crippen LogP contribution in [0.25, 0.3) is 6.08 Å². The predicted molar refractivity (Wildman–Crippen MR) is 53.6 cm³/mol. The second-order valence-electron chi connectivity index (χ2n) is 2.52. The van der Waals surface area contributed by atoms with Crippen LogP contribution in [0.15, 0.2) is 28.7 Å². The zero-order valence-electron chi connectivity index (χ0n) is 6.76. The Morgan fingerprint density at radius 1 is 1.36 bits per heavy atom. The van der Waals surface area contributed by atoms with Crippen molar-refractivity contribution in [2.75, 3.05) is 0 Å². The van der Waals surface area contributed by atoms with E-state index in [0.717, 1.165) is 4.47 Å². The molecule has 1 aromatic rings. The van der Waals surface area contributed by atoms with E-state index < -0.39 is 0 Å². The third-order valence-electron chi connectivity index (χ3n) is 1.50. The Morgan fingerprint density at radius 3 is 2.73 bits per heavy atom. The molecule has 0 aromatic heterocycles. The maximum absolute atomic E-state index is 3.48. The van der Waals surface area contributed by atoms with E-state index in [0.29, 0.717) is 0 Å². The van der Waals surface area contributed by atoms with Gasteiger partial charge >= 0.3 is 0 Å². The average Bonchev–Trinajstić information content (AvgIpc) is 1.98. The first-order valence-corrected chi connectivity index (χ1v) is 4.42. The van der Waals surface area contributed by atoms with E-state index in [9.17, 15) is 0 Å². The molecule has 0 saturated carbocycles. The molecule has 1 heteroatoms. The SMILES string of the molecule is C/C=C\c1cc(C)ccc1Br. The summed E-state index contributed by atoms with van der Waals surface area (Å²) in [6.07, 6.45) is 4.14. The normalized spacial score (nSPS) is 10.8. The van der Waals surface area contributed by atoms with Gasteiger partial charge in [-0.1, -0.05) is 45.8 Å². The van der Waals surface area contributed by atoms with Gasteiger partial charge in [-0.25, -0.2) is 0 Å². The molecular formula is C10H11Br. The van der Waals surface area contributed by atoms with Gasteiger partial charge < -0.3 is 0 Å². The van der Waals surface area contributed by atoms with E-state index in [2.05, 4.69) is 47.1 Å². The maximum atomic E-state index is 3.48. The van der Waals surface area contributed by atoms with Crippen LogP contribution < -0.4 is 0 Å². The average molecular weight is 211 g/mol. The van der Waals surface area contributed by atoms with Gasteiger partial charge in [0.05, 0.1) is 0 Å². The molecule has 0 radical (unpaired) electrons. The van der Waals surface area contributed by atoms with Crippen LogP contribution in [0.3, 0.4) is 0 Å². The first-order valence-electron chi connectivity index (χ1n) is 3.63. The van der Waals surface area contributed by atoms with Crippen molar-refractivity contribution in [3.8, 4) is 0 Å². The van der Waals surface area contributed by atoms with Crippen molar-refractivity contribution in [3.05, 3.63) is 39.9 Å². The highest BCUT2D eigenvalue weighted by molar-refractivity contribution is 9.10. The summed E-state index contributed by atoms with van der Waals surface area (Å²) in [5, 5.41) is 0. The lowest BCUT2D eigenvalue weighted by Gasteiger charge is -1.98. The van der Waals surface area contributed by atoms with Crippen molar-refractivity contribution in [2.45, 2.75) is 13.8 Å². The Labute approximate surface area is 76.1 Å². The molecule has 0 atom stereocenters. The van der Waals surface area contributed by atoms with Crippen LogP contribution in [-0.4, -0.2) is 0 Å². The van der Waals surface area contributed by atoms with Crippen LogP contribution in [0.5, 0.6) is 0 Å². The topological polar surface area (TPSA) is 0 Å². The molecule has 0 amide bonds. The van der Waals surface area contributed by atoms with Crippen LogP contribution in [0.4, 0.5) is 0 Å². The molecule has 0 unspecified atom stereocenters. The van der Waals surface area contributed by atoms with Gasteiger partial charge in [0.2, 0.25) is 0 Å². The number of hydrogen-bond donors (Lipinski definition) is 0. The minimum Gasteiger partial charge on any atom is -0.0870 e. The molecule has 1 aromatic carbocycles. The lowest BCUT2D eigenvalue weighted by molar-refractivity contribution is 1.44. The van der Waals surface area contributed by atoms with Crippen LogP contribution >= 0.6 is 15.9 Å². The molecule has 0 fully saturated rings. The summed E-state index contributed by atoms with van der Waals surface area (Å²) in [6, 6.07) is 6.33. The molecule has 11 heavy (non-hydrogen) atoms. The highest BCUT2D eigenvalue weighted by Gasteiger charge is 1.93. The summed E-state index contributed by atoms with van der Waals surface area (Å²) in [7, 11) is 0. The van der Waals surface area contributed by atoms with E-state index in [1.165, 1.54) is 11.1 Å². The second-order valence-corrected chi connectivity index (χ2v) is 3.38. The molecule has 0 nitrogen and oxygen atoms in total. The summed E-state index contributed by atoms with van der Waals surface area (Å²) < 4.78 is 1.15. The summed E-state index contributed by atoms with van der Waals surface area (Å²) in [5.41, 5.74) is 2.54. The standard InChI is InChI=1S/C10H11Br/c1-3-4-9-7-8(2)5-6-10(9)11/h3-7H,1-2H3/b4-3-. The van der Waals surface area contributed by atoms with Crippen LogP contribution in [0.2, 0.25) is 0 Å². The minimum atomic E-state index is 1.15. The van der Waals surface area contributed by atoms with E-state index >= 15 is 0 Å². The molecule has 0 aliphatic heterocycles. The van der Waals surface area contributed by atoms with Crippen LogP contribution in [0.1, 0.15) is 18.1 Å². The fourth-order valence-electron chi connectivity index (χ4n) is 0.970. The Bertz CT molecular complexity index is 274. The number of hydrogen-bond acceptors (Lipinski definition) is 0. The van der Waals surface area contributed by atoms with Crippen LogP contribution in [0, 0.1) is 6.92 Å². The van der Waals surface area contributed by atoms with Gasteiger partial charge in [0, 0.05) is 4.47 Å². The van der Waals surface area contributed by atoms with Crippen molar-refractivity contribution in [1.82, 2.24) is 0 Å². The Balaban J connectivity index is 3.12. The summed E-state index contributed by atoms with van der Waals surface area (Å²) in [4.78, 5) is 0. The summed E-state index contributed by atoms with van der Waals surface area (Å²) >= 11 is 3.48. The summed E-state index contributed by atoms with van der Waals surface area (Å²) in [6.45, 7) is 4.12. The van der Waals surface area contributed by atoms with Crippen molar-refractivity contribution in [3.63, 3.8) is 0 Å². The number of halogens is 1. The lowest BCUT2D eigenvalue weighted by Crippen LogP contribution is -1.77. The predicted octanol–water partition coefficient (Wildman–Crippen LogP) is 3.79. The van der Waals surface area contributed by atoms with Crippen molar-refractivity contribution in [1.29, 1.82) is 0 Å². The second kappa shape index (κ2) is 3.72. The van der Waals surface area contributed by atoms with Crippen molar-refractivity contribution < 1.29 is 0 Å². The fraction of sp³-hybridized carbons (Fsp3) is 0.200. The first-order chi connectivity index (χ1) is 5.24. The van der Waals surface area contributed by atoms with Gasteiger partial charge in [0.1, 0.15) is 0 Å². The van der Waals surface area contributed by atoms with Gasteiger partial charge in [-0.2, -0.15) is 0 Å². The highest BCUT2D eigenvalue weighted by Crippen LogP contribution is 2.19. The van der Waals surface area contributed by atoms with E-state index in [1.54, 1.807) is 0 Å². The maximum Gasteiger partial charge on any atom is 0.0247 e. The fourth-order valence-corrected chi connectivity index (χ4v) is 1.35. The third kappa shape index (κ3) is 2.19. The smallest absolute Gasteiger partial charge is 0.0247 e. The number of rotatable bonds is 1. The van der Waals surface area contributed by atoms with E-state index in [4.69, 9.17) is 0 Å². The molecular weight excluding hydrogens is 200 g/mol. The lowest BCUT2D eigenvalue weighted by atomic mass is 10.1. The molecule has 0 aliphatic carbocycles. The van der Waals surface area contributed by atoms with Gasteiger partial charge in [-0.3, -0.25) is 0 Å². The highest BCUT2D eigenvalue weighted by atomic mass is 79.9. The number of aryl methyl sites for hydroxylation is 1. The van der Waals surface area contributed by atoms with Crippen LogP contribution in [-0.2, 0) is 0 Å². The Morgan fingerprint density at radius 2 is 2.09 bits per heavy atom. The molecule has 0 saturated heterocycles. The molecule has 58 valence electrons. The molecule has 0 bridgehead atoms. The van der Waals surface area contributed by atoms with Gasteiger partial charge in [0.25, 0.3) is 0 Å². The molecule has 0 spiro atoms. The van der Waals surface area contributed by atoms with Gasteiger partial charge in [0.15, 0.2) is 0 Å². The molecule has 0 N–H and O–H groups in total. The zero-order valence-corrected chi connectivity index (χ0v) is 8.35. The monoisotopic (exact) mass is 210 g/mol. The number of benzene rings is 1. The Hall–Kier alpha value is -0.560. The summed E-state index contributed by atoms with van der Waals surface area (Å²) in [5.74, 6) is 0. The van der Waals surface area contributed by atoms with Gasteiger partial charge in [-0.05, 0) is 25.5 Å². The largest absolute Gasteiger partial charge is 0.0870 e. The van der Waals surface area contributed by atoms with Crippen molar-refractivity contribution >= 4 is 22.0 Å². The molecule has 0 aliphatic rings. The van der Waals surface area contributed by atoms with E-state index in [-0.39, 0.29) is 0 Å². The first kappa shape index (κ1) is 8.54. The molecule has 0 heterocycles. The number of allylic oxidation sites excluding steroid dienone is 1. The minimum absolute atomic E-state index is 1.15. The molecule has 1 rings (SSSR count). The quantitative estimate of drug-likeness (QED) is 0.662. The zero-order chi connectivity index (χ0) is 8.27. The van der Waals surface area contributed by atoms with Gasteiger partial charge in [-0.15, -0.1) is 0 Å². The third-order valence-corrected chi connectivity index (χ3v) is 2.22. The van der Waals surface area contributed by atoms with Crippen molar-refractivity contribution in [2.24, 2.45) is 0 Å². The Kier molecular flexibility index (Phi) is 2.89. The van der Waals surface area contributed by atoms with E-state index in [1.807, 2.05) is 13.0 Å².